The van der Waals surface area contributed by atoms with Crippen LogP contribution in [0.2, 0.25) is 0 Å². The molecule has 164 valence electrons. The quantitative estimate of drug-likeness (QED) is 0.327. The van der Waals surface area contributed by atoms with Crippen molar-refractivity contribution in [2.24, 2.45) is 0 Å². The molecule has 0 rings (SSSR count). The standard InChI is InChI=1S/C22H43N3O3/c1-4-7-11-20(26)12-9-8-10-17-25(18-13-21(27)23-15-5-2)19-14-22(28)24-16-6-3/h4-19H2,1-3H3,(H,23,27)(H,24,28). The van der Waals surface area contributed by atoms with Gasteiger partial charge in [-0.3, -0.25) is 14.4 Å². The monoisotopic (exact) mass is 397 g/mol. The minimum Gasteiger partial charge on any atom is -0.356 e. The molecule has 0 aliphatic rings. The molecule has 0 radical (unpaired) electrons. The molecule has 0 saturated heterocycles. The zero-order valence-electron chi connectivity index (χ0n) is 18.5. The molecule has 0 aromatic carbocycles. The zero-order chi connectivity index (χ0) is 21.0. The highest BCUT2D eigenvalue weighted by Gasteiger charge is 2.11. The van der Waals surface area contributed by atoms with Gasteiger partial charge in [0, 0.05) is 51.9 Å². The topological polar surface area (TPSA) is 78.5 Å². The van der Waals surface area contributed by atoms with Gasteiger partial charge in [0.05, 0.1) is 0 Å². The number of carbonyl (C=O) groups is 3. The Labute approximate surface area is 172 Å². The van der Waals surface area contributed by atoms with Crippen molar-refractivity contribution in [1.82, 2.24) is 15.5 Å². The summed E-state index contributed by atoms with van der Waals surface area (Å²) in [6.45, 7) is 9.81. The molecule has 0 spiro atoms. The van der Waals surface area contributed by atoms with Crippen LogP contribution in [0.3, 0.4) is 0 Å². The fourth-order valence-electron chi connectivity index (χ4n) is 2.89. The maximum Gasteiger partial charge on any atom is 0.221 e. The first-order chi connectivity index (χ1) is 13.5. The first-order valence-electron chi connectivity index (χ1n) is 11.3. The Hall–Kier alpha value is -1.43. The summed E-state index contributed by atoms with van der Waals surface area (Å²) in [5.41, 5.74) is 0. The smallest absolute Gasteiger partial charge is 0.221 e. The number of Topliss-reactive ketones (excluding diaryl/α,β-unsaturated/α-hetero) is 1. The normalized spacial score (nSPS) is 10.9. The molecule has 0 aliphatic carbocycles. The number of hydrogen-bond acceptors (Lipinski definition) is 4. The highest BCUT2D eigenvalue weighted by molar-refractivity contribution is 5.78. The number of amides is 2. The number of rotatable bonds is 19. The third kappa shape index (κ3) is 16.7. The lowest BCUT2D eigenvalue weighted by atomic mass is 10.1. The summed E-state index contributed by atoms with van der Waals surface area (Å²) in [5, 5.41) is 5.81. The molecule has 0 fully saturated rings. The van der Waals surface area contributed by atoms with Crippen LogP contribution in [0.1, 0.15) is 91.4 Å². The number of hydrogen-bond donors (Lipinski definition) is 2. The summed E-state index contributed by atoms with van der Waals surface area (Å²) >= 11 is 0. The van der Waals surface area contributed by atoms with E-state index in [0.717, 1.165) is 51.5 Å². The minimum absolute atomic E-state index is 0.0730. The molecule has 28 heavy (non-hydrogen) atoms. The fourth-order valence-corrected chi connectivity index (χ4v) is 2.89. The predicted octanol–water partition coefficient (Wildman–Crippen LogP) is 3.44. The van der Waals surface area contributed by atoms with E-state index in [1.54, 1.807) is 0 Å². The highest BCUT2D eigenvalue weighted by Crippen LogP contribution is 2.07. The lowest BCUT2D eigenvalue weighted by Gasteiger charge is -2.22. The molecule has 2 N–H and O–H groups in total. The van der Waals surface area contributed by atoms with Gasteiger partial charge in [0.1, 0.15) is 5.78 Å². The summed E-state index contributed by atoms with van der Waals surface area (Å²) in [7, 11) is 0. The molecule has 2 amide bonds. The number of carbonyl (C=O) groups excluding carboxylic acids is 3. The fraction of sp³-hybridized carbons (Fsp3) is 0.864. The lowest BCUT2D eigenvalue weighted by molar-refractivity contribution is -0.122. The van der Waals surface area contributed by atoms with E-state index >= 15 is 0 Å². The van der Waals surface area contributed by atoms with Gasteiger partial charge in [-0.2, -0.15) is 0 Å². The second kappa shape index (κ2) is 18.9. The van der Waals surface area contributed by atoms with Gasteiger partial charge in [-0.05, 0) is 38.6 Å². The van der Waals surface area contributed by atoms with Crippen LogP contribution in [-0.2, 0) is 14.4 Å². The maximum absolute atomic E-state index is 11.9. The van der Waals surface area contributed by atoms with Crippen LogP contribution in [0.15, 0.2) is 0 Å². The second-order valence-corrected chi connectivity index (χ2v) is 7.49. The van der Waals surface area contributed by atoms with Gasteiger partial charge in [0.15, 0.2) is 0 Å². The van der Waals surface area contributed by atoms with E-state index in [0.29, 0.717) is 57.6 Å². The van der Waals surface area contributed by atoms with Gasteiger partial charge in [-0.25, -0.2) is 0 Å². The maximum atomic E-state index is 11.9. The molecule has 6 heteroatoms. The van der Waals surface area contributed by atoms with E-state index in [1.807, 2.05) is 13.8 Å². The Bertz CT molecular complexity index is 403. The Kier molecular flexibility index (Phi) is 17.9. The zero-order valence-corrected chi connectivity index (χ0v) is 18.5. The van der Waals surface area contributed by atoms with E-state index in [9.17, 15) is 14.4 Å². The van der Waals surface area contributed by atoms with Gasteiger partial charge in [-0.15, -0.1) is 0 Å². The van der Waals surface area contributed by atoms with E-state index in [1.165, 1.54) is 0 Å². The molecule has 0 aromatic rings. The average molecular weight is 398 g/mol. The van der Waals surface area contributed by atoms with Crippen molar-refractivity contribution in [2.45, 2.75) is 91.4 Å². The summed E-state index contributed by atoms with van der Waals surface area (Å²) in [4.78, 5) is 37.7. The third-order valence-electron chi connectivity index (χ3n) is 4.69. The summed E-state index contributed by atoms with van der Waals surface area (Å²) in [6.07, 6.45) is 9.19. The molecule has 0 saturated carbocycles. The van der Waals surface area contributed by atoms with Crippen molar-refractivity contribution in [1.29, 1.82) is 0 Å². The molecule has 6 nitrogen and oxygen atoms in total. The third-order valence-corrected chi connectivity index (χ3v) is 4.69. The van der Waals surface area contributed by atoms with Crippen molar-refractivity contribution in [2.75, 3.05) is 32.7 Å². The van der Waals surface area contributed by atoms with Crippen molar-refractivity contribution in [3.8, 4) is 0 Å². The molecule has 0 bridgehead atoms. The first-order valence-corrected chi connectivity index (χ1v) is 11.3. The Balaban J connectivity index is 4.18. The van der Waals surface area contributed by atoms with Crippen LogP contribution in [0.4, 0.5) is 0 Å². The van der Waals surface area contributed by atoms with Crippen LogP contribution in [0.5, 0.6) is 0 Å². The summed E-state index contributed by atoms with van der Waals surface area (Å²) in [5.74, 6) is 0.520. The molecule has 0 unspecified atom stereocenters. The van der Waals surface area contributed by atoms with E-state index in [2.05, 4.69) is 22.5 Å². The molecule has 0 aromatic heterocycles. The predicted molar refractivity (Wildman–Crippen MR) is 115 cm³/mol. The minimum atomic E-state index is 0.0730. The van der Waals surface area contributed by atoms with Crippen LogP contribution in [0.25, 0.3) is 0 Å². The van der Waals surface area contributed by atoms with Crippen LogP contribution < -0.4 is 10.6 Å². The van der Waals surface area contributed by atoms with Crippen LogP contribution >= 0.6 is 0 Å². The largest absolute Gasteiger partial charge is 0.356 e. The van der Waals surface area contributed by atoms with Crippen molar-refractivity contribution < 1.29 is 14.4 Å². The van der Waals surface area contributed by atoms with Gasteiger partial charge < -0.3 is 15.5 Å². The van der Waals surface area contributed by atoms with Gasteiger partial charge in [0.2, 0.25) is 11.8 Å². The Morgan fingerprint density at radius 1 is 0.607 bits per heavy atom. The van der Waals surface area contributed by atoms with Gasteiger partial charge in [0.25, 0.3) is 0 Å². The Morgan fingerprint density at radius 2 is 1.14 bits per heavy atom. The van der Waals surface area contributed by atoms with Crippen LogP contribution in [-0.4, -0.2) is 55.2 Å². The number of unbranched alkanes of at least 4 members (excludes halogenated alkanes) is 3. The average Bonchev–Trinajstić information content (AvgIpc) is 2.69. The number of nitrogens with one attached hydrogen (secondary N) is 2. The van der Waals surface area contributed by atoms with Crippen molar-refractivity contribution in [3.63, 3.8) is 0 Å². The molecular formula is C22H43N3O3. The summed E-state index contributed by atoms with van der Waals surface area (Å²) in [6, 6.07) is 0. The number of nitrogens with zero attached hydrogens (tertiary/aromatic N) is 1. The SMILES string of the molecule is CCCCC(=O)CCCCCN(CCC(=O)NCCC)CCC(=O)NCCC. The van der Waals surface area contributed by atoms with Gasteiger partial charge in [-0.1, -0.05) is 33.6 Å². The molecule has 0 heterocycles. The lowest BCUT2D eigenvalue weighted by Crippen LogP contribution is -2.35. The van der Waals surface area contributed by atoms with E-state index < -0.39 is 0 Å². The summed E-state index contributed by atoms with van der Waals surface area (Å²) < 4.78 is 0. The van der Waals surface area contributed by atoms with Gasteiger partial charge >= 0.3 is 0 Å². The van der Waals surface area contributed by atoms with Crippen LogP contribution in [0, 0.1) is 0 Å². The van der Waals surface area contributed by atoms with E-state index in [4.69, 9.17) is 0 Å². The first kappa shape index (κ1) is 26.6. The highest BCUT2D eigenvalue weighted by atomic mass is 16.2. The molecule has 0 atom stereocenters. The van der Waals surface area contributed by atoms with Crippen molar-refractivity contribution >= 4 is 17.6 Å². The second-order valence-electron chi connectivity index (χ2n) is 7.49. The molecular weight excluding hydrogens is 354 g/mol. The molecule has 0 aliphatic heterocycles. The van der Waals surface area contributed by atoms with E-state index in [-0.39, 0.29) is 11.8 Å². The Morgan fingerprint density at radius 3 is 1.64 bits per heavy atom. The number of ketones is 1. The van der Waals surface area contributed by atoms with Crippen molar-refractivity contribution in [3.05, 3.63) is 0 Å².